The summed E-state index contributed by atoms with van der Waals surface area (Å²) in [5.74, 6) is 4.28. The van der Waals surface area contributed by atoms with Crippen LogP contribution in [0.3, 0.4) is 0 Å². The third kappa shape index (κ3) is 1.60. The van der Waals surface area contributed by atoms with Gasteiger partial charge in [-0.1, -0.05) is 12.1 Å². The van der Waals surface area contributed by atoms with Gasteiger partial charge < -0.3 is 0 Å². The van der Waals surface area contributed by atoms with Crippen LogP contribution in [0.15, 0.2) is 18.2 Å². The minimum atomic E-state index is -0.649. The molecule has 0 radical (unpaired) electrons. The average molecular weight is 189 g/mol. The second kappa shape index (κ2) is 4.16. The maximum atomic E-state index is 11.2. The van der Waals surface area contributed by atoms with Gasteiger partial charge in [-0.2, -0.15) is 5.26 Å². The van der Waals surface area contributed by atoms with Crippen LogP contribution in [-0.2, 0) is 0 Å². The van der Waals surface area contributed by atoms with Crippen molar-refractivity contribution in [3.8, 4) is 6.07 Å². The van der Waals surface area contributed by atoms with Crippen LogP contribution in [0.4, 0.5) is 0 Å². The molecule has 0 atom stereocenters. The van der Waals surface area contributed by atoms with E-state index in [0.717, 1.165) is 0 Å². The predicted octanol–water partition coefficient (Wildman–Crippen LogP) is -0.0257. The highest BCUT2D eigenvalue weighted by molar-refractivity contribution is 6.03. The van der Waals surface area contributed by atoms with Gasteiger partial charge in [-0.15, -0.1) is 0 Å². The van der Waals surface area contributed by atoms with Crippen LogP contribution >= 0.6 is 0 Å². The first-order valence-corrected chi connectivity index (χ1v) is 3.73. The van der Waals surface area contributed by atoms with E-state index in [2.05, 4.69) is 0 Å². The monoisotopic (exact) mass is 189 g/mol. The maximum absolute atomic E-state index is 11.2. The molecule has 1 aromatic carbocycles. The number of nitrogens with two attached hydrogens (primary N) is 1. The Morgan fingerprint density at radius 3 is 2.79 bits per heavy atom. The van der Waals surface area contributed by atoms with Gasteiger partial charge in [0.25, 0.3) is 5.91 Å². The number of hydrogen-bond donors (Lipinski definition) is 2. The lowest BCUT2D eigenvalue weighted by atomic mass is 10.0. The van der Waals surface area contributed by atoms with Crippen LogP contribution in [0.1, 0.15) is 26.3 Å². The number of nitriles is 1. The summed E-state index contributed by atoms with van der Waals surface area (Å²) in [5, 5.41) is 8.70. The Morgan fingerprint density at radius 2 is 2.29 bits per heavy atom. The van der Waals surface area contributed by atoms with E-state index in [-0.39, 0.29) is 16.7 Å². The lowest BCUT2D eigenvalue weighted by molar-refractivity contribution is 0.0948. The van der Waals surface area contributed by atoms with Crippen molar-refractivity contribution in [1.82, 2.24) is 5.43 Å². The first kappa shape index (κ1) is 9.89. The van der Waals surface area contributed by atoms with Crippen LogP contribution in [0.5, 0.6) is 0 Å². The second-order valence-corrected chi connectivity index (χ2v) is 2.47. The number of nitrogen functional groups attached to an aromatic ring is 1. The van der Waals surface area contributed by atoms with Crippen molar-refractivity contribution >= 4 is 12.2 Å². The van der Waals surface area contributed by atoms with E-state index >= 15 is 0 Å². The molecule has 3 N–H and O–H groups in total. The Kier molecular flexibility index (Phi) is 2.94. The molecular formula is C9H7N3O2. The van der Waals surface area contributed by atoms with Crippen molar-refractivity contribution in [2.75, 3.05) is 0 Å². The number of amides is 1. The molecule has 0 unspecified atom stereocenters. The fourth-order valence-electron chi connectivity index (χ4n) is 1.09. The Bertz CT molecular complexity index is 421. The number of rotatable bonds is 2. The zero-order valence-corrected chi connectivity index (χ0v) is 7.15. The van der Waals surface area contributed by atoms with Crippen LogP contribution in [0, 0.1) is 11.3 Å². The topological polar surface area (TPSA) is 96.0 Å². The van der Waals surface area contributed by atoms with E-state index in [1.54, 1.807) is 0 Å². The molecule has 0 aliphatic rings. The number of nitrogens with zero attached hydrogens (tertiary/aromatic N) is 1. The van der Waals surface area contributed by atoms with Gasteiger partial charge in [-0.3, -0.25) is 15.0 Å². The molecule has 1 rings (SSSR count). The molecule has 0 fully saturated rings. The summed E-state index contributed by atoms with van der Waals surface area (Å²) < 4.78 is 0. The standard InChI is InChI=1S/C9H7N3O2/c10-4-6-2-1-3-7(5-13)8(6)9(14)12-11/h1-3,5H,11H2,(H,12,14). The molecule has 0 aliphatic carbocycles. The molecule has 70 valence electrons. The minimum Gasteiger partial charge on any atom is -0.298 e. The van der Waals surface area contributed by atoms with Gasteiger partial charge in [-0.05, 0) is 6.07 Å². The molecule has 0 saturated carbocycles. The molecule has 0 aromatic heterocycles. The number of carbonyl (C=O) groups excluding carboxylic acids is 2. The summed E-state index contributed by atoms with van der Waals surface area (Å²) in [7, 11) is 0. The molecule has 1 aromatic rings. The summed E-state index contributed by atoms with van der Waals surface area (Å²) in [6, 6.07) is 6.22. The van der Waals surface area contributed by atoms with E-state index in [1.807, 2.05) is 11.5 Å². The Labute approximate surface area is 80.1 Å². The number of aldehydes is 1. The number of hydrazine groups is 1. The predicted molar refractivity (Wildman–Crippen MR) is 48.2 cm³/mol. The van der Waals surface area contributed by atoms with Crippen molar-refractivity contribution in [3.63, 3.8) is 0 Å². The number of carbonyl (C=O) groups is 2. The molecule has 0 spiro atoms. The SMILES string of the molecule is N#Cc1cccc(C=O)c1C(=O)NN. The molecule has 1 amide bonds. The van der Waals surface area contributed by atoms with E-state index in [0.29, 0.717) is 6.29 Å². The highest BCUT2D eigenvalue weighted by Crippen LogP contribution is 2.12. The Balaban J connectivity index is 3.42. The number of nitrogens with one attached hydrogen (secondary N) is 1. The summed E-state index contributed by atoms with van der Waals surface area (Å²) in [5.41, 5.74) is 2.16. The van der Waals surface area contributed by atoms with E-state index in [9.17, 15) is 9.59 Å². The van der Waals surface area contributed by atoms with Gasteiger partial charge in [0, 0.05) is 5.56 Å². The third-order valence-electron chi connectivity index (χ3n) is 1.70. The van der Waals surface area contributed by atoms with Crippen molar-refractivity contribution < 1.29 is 9.59 Å². The quantitative estimate of drug-likeness (QED) is 0.295. The zero-order valence-electron chi connectivity index (χ0n) is 7.15. The highest BCUT2D eigenvalue weighted by atomic mass is 16.2. The molecule has 14 heavy (non-hydrogen) atoms. The third-order valence-corrected chi connectivity index (χ3v) is 1.70. The van der Waals surface area contributed by atoms with Crippen molar-refractivity contribution in [2.24, 2.45) is 5.84 Å². The first-order valence-electron chi connectivity index (χ1n) is 3.73. The molecule has 0 aliphatic heterocycles. The Morgan fingerprint density at radius 1 is 1.57 bits per heavy atom. The zero-order chi connectivity index (χ0) is 10.6. The molecule has 0 saturated heterocycles. The average Bonchev–Trinajstić information content (AvgIpc) is 2.26. The highest BCUT2D eigenvalue weighted by Gasteiger charge is 2.14. The molecule has 0 heterocycles. The molecule has 5 heteroatoms. The summed E-state index contributed by atoms with van der Waals surface area (Å²) in [6.45, 7) is 0. The van der Waals surface area contributed by atoms with Crippen LogP contribution in [0.2, 0.25) is 0 Å². The normalized spacial score (nSPS) is 8.86. The van der Waals surface area contributed by atoms with Crippen molar-refractivity contribution in [3.05, 3.63) is 34.9 Å². The van der Waals surface area contributed by atoms with Gasteiger partial charge in [0.05, 0.1) is 17.2 Å². The van der Waals surface area contributed by atoms with Crippen LogP contribution in [-0.4, -0.2) is 12.2 Å². The molecule has 0 bridgehead atoms. The lowest BCUT2D eigenvalue weighted by Gasteiger charge is -2.04. The fourth-order valence-corrected chi connectivity index (χ4v) is 1.09. The smallest absolute Gasteiger partial charge is 0.267 e. The van der Waals surface area contributed by atoms with Gasteiger partial charge in [-0.25, -0.2) is 5.84 Å². The van der Waals surface area contributed by atoms with E-state index in [4.69, 9.17) is 11.1 Å². The van der Waals surface area contributed by atoms with Crippen molar-refractivity contribution in [1.29, 1.82) is 5.26 Å². The largest absolute Gasteiger partial charge is 0.298 e. The summed E-state index contributed by atoms with van der Waals surface area (Å²) in [4.78, 5) is 21.8. The van der Waals surface area contributed by atoms with Gasteiger partial charge >= 0.3 is 0 Å². The van der Waals surface area contributed by atoms with Crippen LogP contribution < -0.4 is 11.3 Å². The minimum absolute atomic E-state index is 0.00694. The lowest BCUT2D eigenvalue weighted by Crippen LogP contribution is -2.31. The van der Waals surface area contributed by atoms with Gasteiger partial charge in [0.1, 0.15) is 0 Å². The number of benzene rings is 1. The molecule has 5 nitrogen and oxygen atoms in total. The van der Waals surface area contributed by atoms with E-state index < -0.39 is 5.91 Å². The second-order valence-electron chi connectivity index (χ2n) is 2.47. The van der Waals surface area contributed by atoms with Gasteiger partial charge in [0.2, 0.25) is 0 Å². The fraction of sp³-hybridized carbons (Fsp3) is 0. The first-order chi connectivity index (χ1) is 6.74. The number of hydrogen-bond acceptors (Lipinski definition) is 4. The van der Waals surface area contributed by atoms with Crippen LogP contribution in [0.25, 0.3) is 0 Å². The Hall–Kier alpha value is -2.19. The molecular weight excluding hydrogens is 182 g/mol. The summed E-state index contributed by atoms with van der Waals surface area (Å²) >= 11 is 0. The summed E-state index contributed by atoms with van der Waals surface area (Å²) in [6.07, 6.45) is 0.505. The van der Waals surface area contributed by atoms with Crippen molar-refractivity contribution in [2.45, 2.75) is 0 Å². The van der Waals surface area contributed by atoms with Gasteiger partial charge in [0.15, 0.2) is 6.29 Å². The van der Waals surface area contributed by atoms with E-state index in [1.165, 1.54) is 18.2 Å². The maximum Gasteiger partial charge on any atom is 0.267 e.